The quantitative estimate of drug-likeness (QED) is 0.486. The second-order valence-electron chi connectivity index (χ2n) is 9.66. The molecule has 0 fully saturated rings. The van der Waals surface area contributed by atoms with Crippen LogP contribution in [-0.2, 0) is 25.7 Å². The van der Waals surface area contributed by atoms with Crippen LogP contribution in [0.3, 0.4) is 0 Å². The monoisotopic (exact) mass is 512 g/mol. The number of carbonyl (C=O) groups is 1. The standard InChI is InChI=1S/C27H31F3N6O/c1-34(2)8-9-35(3)16-19-10-23(27(28,29)30)13-24(11-19)33-26(37)21-5-4-20-6-7-36(17-22(20)12-21)25-14-31-18-32-15-25/h4-5,10-15,18H,6-9,16-17H2,1-3H3,(H,33,37). The fraction of sp³-hybridized carbons (Fsp3) is 0.370. The van der Waals surface area contributed by atoms with E-state index in [2.05, 4.69) is 20.2 Å². The van der Waals surface area contributed by atoms with Gasteiger partial charge >= 0.3 is 6.18 Å². The molecule has 0 unspecified atom stereocenters. The first kappa shape index (κ1) is 26.6. The van der Waals surface area contributed by atoms with Crippen molar-refractivity contribution in [3.05, 3.63) is 82.9 Å². The van der Waals surface area contributed by atoms with Crippen LogP contribution in [0.15, 0.2) is 55.1 Å². The molecule has 1 N–H and O–H groups in total. The van der Waals surface area contributed by atoms with Gasteiger partial charge in [-0.05, 0) is 74.6 Å². The number of fused-ring (bicyclic) bond motifs is 1. The molecule has 0 spiro atoms. The highest BCUT2D eigenvalue weighted by Gasteiger charge is 2.31. The number of nitrogens with one attached hydrogen (secondary N) is 1. The minimum atomic E-state index is -4.52. The molecule has 1 aromatic heterocycles. The number of nitrogens with zero attached hydrogens (tertiary/aromatic N) is 5. The molecule has 37 heavy (non-hydrogen) atoms. The summed E-state index contributed by atoms with van der Waals surface area (Å²) in [4.78, 5) is 27.3. The van der Waals surface area contributed by atoms with Crippen LogP contribution in [-0.4, -0.2) is 66.5 Å². The summed E-state index contributed by atoms with van der Waals surface area (Å²) >= 11 is 0. The summed E-state index contributed by atoms with van der Waals surface area (Å²) in [6.45, 7) is 3.22. The molecule has 7 nitrogen and oxygen atoms in total. The highest BCUT2D eigenvalue weighted by molar-refractivity contribution is 6.04. The Morgan fingerprint density at radius 3 is 2.49 bits per heavy atom. The van der Waals surface area contributed by atoms with Gasteiger partial charge in [-0.15, -0.1) is 0 Å². The molecule has 4 rings (SSSR count). The van der Waals surface area contributed by atoms with E-state index in [0.29, 0.717) is 30.8 Å². The number of anilines is 2. The van der Waals surface area contributed by atoms with Crippen molar-refractivity contribution in [3.63, 3.8) is 0 Å². The number of likely N-dealkylation sites (N-methyl/N-ethyl adjacent to an activating group) is 2. The molecule has 0 bridgehead atoms. The van der Waals surface area contributed by atoms with E-state index in [-0.39, 0.29) is 5.69 Å². The van der Waals surface area contributed by atoms with E-state index < -0.39 is 17.6 Å². The van der Waals surface area contributed by atoms with Gasteiger partial charge in [-0.3, -0.25) is 4.79 Å². The molecular formula is C27H31F3N6O. The normalized spacial score (nSPS) is 13.7. The number of benzene rings is 2. The largest absolute Gasteiger partial charge is 0.416 e. The summed E-state index contributed by atoms with van der Waals surface area (Å²) in [5.74, 6) is -0.450. The van der Waals surface area contributed by atoms with Gasteiger partial charge in [0.2, 0.25) is 0 Å². The predicted molar refractivity (Wildman–Crippen MR) is 138 cm³/mol. The highest BCUT2D eigenvalue weighted by atomic mass is 19.4. The van der Waals surface area contributed by atoms with Crippen LogP contribution >= 0.6 is 0 Å². The van der Waals surface area contributed by atoms with Crippen molar-refractivity contribution < 1.29 is 18.0 Å². The second kappa shape index (κ2) is 11.3. The number of hydrogen-bond donors (Lipinski definition) is 1. The lowest BCUT2D eigenvalue weighted by Gasteiger charge is -2.30. The van der Waals surface area contributed by atoms with Gasteiger partial charge in [0.15, 0.2) is 0 Å². The second-order valence-corrected chi connectivity index (χ2v) is 9.66. The zero-order chi connectivity index (χ0) is 26.6. The fourth-order valence-electron chi connectivity index (χ4n) is 4.36. The van der Waals surface area contributed by atoms with E-state index >= 15 is 0 Å². The molecule has 0 saturated heterocycles. The van der Waals surface area contributed by atoms with Gasteiger partial charge in [0, 0.05) is 44.0 Å². The number of aromatic nitrogens is 2. The van der Waals surface area contributed by atoms with Crippen molar-refractivity contribution in [3.8, 4) is 0 Å². The Balaban J connectivity index is 1.52. The Kier molecular flexibility index (Phi) is 8.09. The molecule has 2 heterocycles. The molecule has 1 aliphatic rings. The number of hydrogen-bond acceptors (Lipinski definition) is 6. The maximum absolute atomic E-state index is 13.6. The van der Waals surface area contributed by atoms with Gasteiger partial charge in [0.1, 0.15) is 6.33 Å². The van der Waals surface area contributed by atoms with Crippen molar-refractivity contribution in [1.82, 2.24) is 19.8 Å². The third-order valence-electron chi connectivity index (χ3n) is 6.35. The lowest BCUT2D eigenvalue weighted by atomic mass is 9.97. The number of carbonyl (C=O) groups excluding carboxylic acids is 1. The van der Waals surface area contributed by atoms with Gasteiger partial charge in [-0.1, -0.05) is 6.07 Å². The Hall–Kier alpha value is -3.50. The molecule has 0 saturated carbocycles. The lowest BCUT2D eigenvalue weighted by Crippen LogP contribution is -2.30. The summed E-state index contributed by atoms with van der Waals surface area (Å²) in [5, 5.41) is 2.68. The van der Waals surface area contributed by atoms with Crippen LogP contribution in [0.5, 0.6) is 0 Å². The van der Waals surface area contributed by atoms with Crippen molar-refractivity contribution in [2.24, 2.45) is 0 Å². The third-order valence-corrected chi connectivity index (χ3v) is 6.35. The Morgan fingerprint density at radius 1 is 1.03 bits per heavy atom. The molecule has 2 aromatic carbocycles. The van der Waals surface area contributed by atoms with E-state index in [4.69, 9.17) is 0 Å². The summed E-state index contributed by atoms with van der Waals surface area (Å²) in [7, 11) is 5.75. The van der Waals surface area contributed by atoms with Crippen LogP contribution in [0.1, 0.15) is 32.6 Å². The summed E-state index contributed by atoms with van der Waals surface area (Å²) in [6, 6.07) is 9.18. The van der Waals surface area contributed by atoms with Crippen LogP contribution in [0.2, 0.25) is 0 Å². The third kappa shape index (κ3) is 7.05. The zero-order valence-electron chi connectivity index (χ0n) is 21.2. The Morgan fingerprint density at radius 2 is 1.78 bits per heavy atom. The van der Waals surface area contributed by atoms with Crippen LogP contribution in [0, 0.1) is 0 Å². The maximum atomic E-state index is 13.6. The molecule has 0 atom stereocenters. The minimum absolute atomic E-state index is 0.122. The van der Waals surface area contributed by atoms with Crippen LogP contribution < -0.4 is 10.2 Å². The SMILES string of the molecule is CN(C)CCN(C)Cc1cc(NC(=O)c2ccc3c(c2)CN(c2cncnc2)CC3)cc(C(F)(F)F)c1. The van der Waals surface area contributed by atoms with Gasteiger partial charge in [0.25, 0.3) is 5.91 Å². The molecule has 3 aromatic rings. The van der Waals surface area contributed by atoms with Crippen molar-refractivity contribution in [2.75, 3.05) is 51.0 Å². The molecule has 1 aliphatic heterocycles. The summed E-state index contributed by atoms with van der Waals surface area (Å²) in [6.07, 6.45) is 1.26. The van der Waals surface area contributed by atoms with Crippen molar-refractivity contribution in [1.29, 1.82) is 0 Å². The lowest BCUT2D eigenvalue weighted by molar-refractivity contribution is -0.137. The molecular weight excluding hydrogens is 481 g/mol. The van der Waals surface area contributed by atoms with Gasteiger partial charge in [-0.2, -0.15) is 13.2 Å². The highest BCUT2D eigenvalue weighted by Crippen LogP contribution is 2.32. The average molecular weight is 513 g/mol. The first-order chi connectivity index (χ1) is 17.6. The molecule has 1 amide bonds. The van der Waals surface area contributed by atoms with E-state index in [1.807, 2.05) is 43.1 Å². The van der Waals surface area contributed by atoms with E-state index in [1.54, 1.807) is 24.5 Å². The van der Waals surface area contributed by atoms with Gasteiger partial charge in [-0.25, -0.2) is 9.97 Å². The summed E-state index contributed by atoms with van der Waals surface area (Å²) < 4.78 is 40.9. The topological polar surface area (TPSA) is 64.6 Å². The molecule has 10 heteroatoms. The smallest absolute Gasteiger partial charge is 0.364 e. The predicted octanol–water partition coefficient (Wildman–Crippen LogP) is 4.30. The fourth-order valence-corrected chi connectivity index (χ4v) is 4.36. The number of alkyl halides is 3. The van der Waals surface area contributed by atoms with Crippen LogP contribution in [0.4, 0.5) is 24.5 Å². The molecule has 196 valence electrons. The first-order valence-corrected chi connectivity index (χ1v) is 12.1. The van der Waals surface area contributed by atoms with Crippen LogP contribution in [0.25, 0.3) is 0 Å². The van der Waals surface area contributed by atoms with E-state index in [1.165, 1.54) is 6.33 Å². The van der Waals surface area contributed by atoms with Gasteiger partial charge in [0.05, 0.1) is 23.6 Å². The summed E-state index contributed by atoms with van der Waals surface area (Å²) in [5.41, 5.74) is 3.26. The van der Waals surface area contributed by atoms with Crippen molar-refractivity contribution >= 4 is 17.3 Å². The Bertz CT molecular complexity index is 1230. The average Bonchev–Trinajstić information content (AvgIpc) is 2.86. The maximum Gasteiger partial charge on any atom is 0.416 e. The number of amides is 1. The van der Waals surface area contributed by atoms with Crippen molar-refractivity contribution in [2.45, 2.75) is 25.7 Å². The zero-order valence-corrected chi connectivity index (χ0v) is 21.2. The minimum Gasteiger partial charge on any atom is -0.364 e. The number of rotatable bonds is 8. The molecule has 0 radical (unpaired) electrons. The van der Waals surface area contributed by atoms with E-state index in [0.717, 1.165) is 48.5 Å². The Labute approximate surface area is 214 Å². The first-order valence-electron chi connectivity index (χ1n) is 12.1. The van der Waals surface area contributed by atoms with E-state index in [9.17, 15) is 18.0 Å². The molecule has 0 aliphatic carbocycles. The van der Waals surface area contributed by atoms with Gasteiger partial charge < -0.3 is 20.0 Å². The number of halogens is 3.